The lowest BCUT2D eigenvalue weighted by molar-refractivity contribution is 0.581. The highest BCUT2D eigenvalue weighted by Crippen LogP contribution is 2.23. The molecule has 18 heavy (non-hydrogen) atoms. The van der Waals surface area contributed by atoms with Gasteiger partial charge in [0.15, 0.2) is 0 Å². The Morgan fingerprint density at radius 2 is 2.17 bits per heavy atom. The minimum Gasteiger partial charge on any atom is -0.309 e. The summed E-state index contributed by atoms with van der Waals surface area (Å²) in [7, 11) is 0. The summed E-state index contributed by atoms with van der Waals surface area (Å²) in [4.78, 5) is 7.21. The van der Waals surface area contributed by atoms with Crippen LogP contribution in [0.2, 0.25) is 0 Å². The molecule has 0 spiro atoms. The van der Waals surface area contributed by atoms with Gasteiger partial charge in [-0.05, 0) is 37.6 Å². The number of aromatic nitrogens is 1. The standard InChI is InChI=1S/C15H20N2S/c1-3-14-7-8-15(18-14)12(2)16-11-9-13-6-4-5-10-17-13/h4-8,10,12,16H,3,9,11H2,1-2H3. The van der Waals surface area contributed by atoms with Gasteiger partial charge in [-0.3, -0.25) is 4.98 Å². The molecule has 2 aromatic rings. The Hall–Kier alpha value is -1.19. The van der Waals surface area contributed by atoms with Crippen molar-refractivity contribution in [3.8, 4) is 0 Å². The van der Waals surface area contributed by atoms with Crippen molar-refractivity contribution in [3.63, 3.8) is 0 Å². The fraction of sp³-hybridized carbons (Fsp3) is 0.400. The maximum absolute atomic E-state index is 4.33. The Morgan fingerprint density at radius 3 is 2.83 bits per heavy atom. The van der Waals surface area contributed by atoms with Crippen molar-refractivity contribution < 1.29 is 0 Å². The Labute approximate surface area is 113 Å². The average Bonchev–Trinajstić information content (AvgIpc) is 2.89. The Kier molecular flexibility index (Phi) is 4.90. The molecule has 0 saturated heterocycles. The minimum atomic E-state index is 0.430. The van der Waals surface area contributed by atoms with Crippen molar-refractivity contribution in [2.24, 2.45) is 0 Å². The molecule has 96 valence electrons. The number of aryl methyl sites for hydroxylation is 1. The molecular formula is C15H20N2S. The van der Waals surface area contributed by atoms with Crippen molar-refractivity contribution in [2.75, 3.05) is 6.54 Å². The van der Waals surface area contributed by atoms with E-state index in [2.05, 4.69) is 42.3 Å². The van der Waals surface area contributed by atoms with Crippen molar-refractivity contribution in [2.45, 2.75) is 32.7 Å². The largest absolute Gasteiger partial charge is 0.309 e. The molecule has 0 fully saturated rings. The molecule has 0 aliphatic carbocycles. The lowest BCUT2D eigenvalue weighted by atomic mass is 10.2. The molecule has 2 heterocycles. The van der Waals surface area contributed by atoms with Gasteiger partial charge in [0.05, 0.1) is 0 Å². The maximum atomic E-state index is 4.33. The van der Waals surface area contributed by atoms with Crippen LogP contribution in [0, 0.1) is 0 Å². The zero-order valence-corrected chi connectivity index (χ0v) is 11.8. The van der Waals surface area contributed by atoms with Crippen LogP contribution >= 0.6 is 11.3 Å². The molecule has 0 amide bonds. The normalized spacial score (nSPS) is 12.6. The highest BCUT2D eigenvalue weighted by Gasteiger charge is 2.07. The van der Waals surface area contributed by atoms with Crippen LogP contribution in [0.3, 0.4) is 0 Å². The first-order valence-corrected chi connectivity index (χ1v) is 7.33. The van der Waals surface area contributed by atoms with Gasteiger partial charge in [-0.2, -0.15) is 0 Å². The molecular weight excluding hydrogens is 240 g/mol. The molecule has 0 aliphatic rings. The van der Waals surface area contributed by atoms with Crippen LogP contribution in [-0.2, 0) is 12.8 Å². The number of rotatable bonds is 6. The minimum absolute atomic E-state index is 0.430. The third-order valence-electron chi connectivity index (χ3n) is 3.02. The van der Waals surface area contributed by atoms with E-state index in [1.165, 1.54) is 9.75 Å². The first-order valence-electron chi connectivity index (χ1n) is 6.51. The second kappa shape index (κ2) is 6.66. The summed E-state index contributed by atoms with van der Waals surface area (Å²) in [6.07, 6.45) is 3.97. The van der Waals surface area contributed by atoms with Gasteiger partial charge >= 0.3 is 0 Å². The van der Waals surface area contributed by atoms with E-state index in [0.29, 0.717) is 6.04 Å². The highest BCUT2D eigenvalue weighted by atomic mass is 32.1. The Bertz CT molecular complexity index is 464. The summed E-state index contributed by atoms with van der Waals surface area (Å²) < 4.78 is 0. The van der Waals surface area contributed by atoms with E-state index in [0.717, 1.165) is 25.1 Å². The van der Waals surface area contributed by atoms with Gasteiger partial charge in [-0.25, -0.2) is 0 Å². The lowest BCUT2D eigenvalue weighted by Gasteiger charge is -2.11. The summed E-state index contributed by atoms with van der Waals surface area (Å²) in [5.74, 6) is 0. The van der Waals surface area contributed by atoms with Gasteiger partial charge in [0.25, 0.3) is 0 Å². The van der Waals surface area contributed by atoms with E-state index >= 15 is 0 Å². The first-order chi connectivity index (χ1) is 8.79. The van der Waals surface area contributed by atoms with Crippen molar-refractivity contribution in [1.82, 2.24) is 10.3 Å². The second-order valence-electron chi connectivity index (χ2n) is 4.40. The van der Waals surface area contributed by atoms with Crippen molar-refractivity contribution in [3.05, 3.63) is 52.0 Å². The predicted octanol–water partition coefficient (Wildman–Crippen LogP) is 3.60. The van der Waals surface area contributed by atoms with Gasteiger partial charge in [0.1, 0.15) is 0 Å². The van der Waals surface area contributed by atoms with Crippen LogP contribution in [0.4, 0.5) is 0 Å². The van der Waals surface area contributed by atoms with Crippen LogP contribution < -0.4 is 5.32 Å². The average molecular weight is 260 g/mol. The van der Waals surface area contributed by atoms with Crippen LogP contribution in [0.25, 0.3) is 0 Å². The first kappa shape index (κ1) is 13.2. The number of thiophene rings is 1. The summed E-state index contributed by atoms with van der Waals surface area (Å²) in [6, 6.07) is 11.0. The van der Waals surface area contributed by atoms with Gasteiger partial charge in [-0.15, -0.1) is 11.3 Å². The fourth-order valence-corrected chi connectivity index (χ4v) is 2.86. The van der Waals surface area contributed by atoms with Gasteiger partial charge in [-0.1, -0.05) is 13.0 Å². The van der Waals surface area contributed by atoms with E-state index in [1.807, 2.05) is 29.7 Å². The SMILES string of the molecule is CCc1ccc(C(C)NCCc2ccccn2)s1. The van der Waals surface area contributed by atoms with E-state index in [-0.39, 0.29) is 0 Å². The highest BCUT2D eigenvalue weighted by molar-refractivity contribution is 7.12. The van der Waals surface area contributed by atoms with Crippen LogP contribution in [0.5, 0.6) is 0 Å². The van der Waals surface area contributed by atoms with E-state index in [9.17, 15) is 0 Å². The summed E-state index contributed by atoms with van der Waals surface area (Å²) in [5.41, 5.74) is 1.15. The van der Waals surface area contributed by atoms with Crippen LogP contribution in [-0.4, -0.2) is 11.5 Å². The van der Waals surface area contributed by atoms with Gasteiger partial charge in [0.2, 0.25) is 0 Å². The quantitative estimate of drug-likeness (QED) is 0.858. The molecule has 1 atom stereocenters. The molecule has 3 heteroatoms. The van der Waals surface area contributed by atoms with Crippen molar-refractivity contribution >= 4 is 11.3 Å². The number of hydrogen-bond acceptors (Lipinski definition) is 3. The van der Waals surface area contributed by atoms with Gasteiger partial charge < -0.3 is 5.32 Å². The summed E-state index contributed by atoms with van der Waals surface area (Å²) in [6.45, 7) is 5.40. The predicted molar refractivity (Wildman–Crippen MR) is 78.1 cm³/mol. The van der Waals surface area contributed by atoms with E-state index in [4.69, 9.17) is 0 Å². The van der Waals surface area contributed by atoms with Crippen LogP contribution in [0.15, 0.2) is 36.5 Å². The lowest BCUT2D eigenvalue weighted by Crippen LogP contribution is -2.20. The van der Waals surface area contributed by atoms with E-state index < -0.39 is 0 Å². The molecule has 2 nitrogen and oxygen atoms in total. The monoisotopic (exact) mass is 260 g/mol. The third kappa shape index (κ3) is 3.65. The molecule has 0 aromatic carbocycles. The zero-order chi connectivity index (χ0) is 12.8. The second-order valence-corrected chi connectivity index (χ2v) is 5.60. The molecule has 0 saturated carbocycles. The molecule has 0 radical (unpaired) electrons. The molecule has 1 unspecified atom stereocenters. The number of pyridine rings is 1. The van der Waals surface area contributed by atoms with Crippen molar-refractivity contribution in [1.29, 1.82) is 0 Å². The van der Waals surface area contributed by atoms with Gasteiger partial charge in [0, 0.05) is 40.7 Å². The molecule has 2 aromatic heterocycles. The maximum Gasteiger partial charge on any atom is 0.0416 e. The molecule has 2 rings (SSSR count). The summed E-state index contributed by atoms with van der Waals surface area (Å²) in [5, 5.41) is 3.56. The Morgan fingerprint density at radius 1 is 1.28 bits per heavy atom. The zero-order valence-electron chi connectivity index (χ0n) is 11.0. The number of nitrogens with zero attached hydrogens (tertiary/aromatic N) is 1. The van der Waals surface area contributed by atoms with Crippen LogP contribution in [0.1, 0.15) is 35.3 Å². The fourth-order valence-electron chi connectivity index (χ4n) is 1.88. The number of hydrogen-bond donors (Lipinski definition) is 1. The van der Waals surface area contributed by atoms with E-state index in [1.54, 1.807) is 0 Å². The molecule has 0 aliphatic heterocycles. The topological polar surface area (TPSA) is 24.9 Å². The third-order valence-corrected chi connectivity index (χ3v) is 4.43. The Balaban J connectivity index is 1.79. The molecule has 0 bridgehead atoms. The number of nitrogens with one attached hydrogen (secondary N) is 1. The summed E-state index contributed by atoms with van der Waals surface area (Å²) >= 11 is 1.91. The smallest absolute Gasteiger partial charge is 0.0416 e. The molecule has 1 N–H and O–H groups in total.